The van der Waals surface area contributed by atoms with Gasteiger partial charge in [-0.3, -0.25) is 0 Å². The van der Waals surface area contributed by atoms with Crippen molar-refractivity contribution >= 4 is 23.1 Å². The summed E-state index contributed by atoms with van der Waals surface area (Å²) in [6.07, 6.45) is 6.16. The molecular weight excluding hydrogens is 346 g/mol. The molecule has 0 aliphatic heterocycles. The monoisotopic (exact) mass is 367 g/mol. The van der Waals surface area contributed by atoms with Crippen molar-refractivity contribution in [2.24, 2.45) is 5.92 Å². The molecule has 7 heteroatoms. The first-order chi connectivity index (χ1) is 13.1. The van der Waals surface area contributed by atoms with Gasteiger partial charge in [-0.1, -0.05) is 19.8 Å². The Balaban J connectivity index is 1.50. The Bertz CT molecular complexity index is 969. The predicted octanol–water partition coefficient (Wildman–Crippen LogP) is 4.70. The number of benzene rings is 1. The minimum Gasteiger partial charge on any atom is -0.477 e. The van der Waals surface area contributed by atoms with E-state index >= 15 is 0 Å². The first-order valence-electron chi connectivity index (χ1n) is 9.11. The summed E-state index contributed by atoms with van der Waals surface area (Å²) in [5, 5.41) is 12.4. The van der Waals surface area contributed by atoms with Crippen LogP contribution in [0.5, 0.6) is 11.5 Å². The number of fused-ring (bicyclic) bond motifs is 1. The molecule has 0 radical (unpaired) electrons. The summed E-state index contributed by atoms with van der Waals surface area (Å²) in [7, 11) is 0. The number of aromatic nitrogens is 2. The van der Waals surface area contributed by atoms with Crippen LogP contribution < -0.4 is 10.1 Å². The van der Waals surface area contributed by atoms with Crippen molar-refractivity contribution in [1.29, 1.82) is 0 Å². The first-order valence-corrected chi connectivity index (χ1v) is 9.11. The average molecular weight is 367 g/mol. The largest absolute Gasteiger partial charge is 0.477 e. The van der Waals surface area contributed by atoms with Crippen LogP contribution in [0.1, 0.15) is 43.1 Å². The molecule has 2 heterocycles. The topological polar surface area (TPSA) is 97.5 Å². The molecule has 0 saturated heterocycles. The minimum atomic E-state index is -1.10. The normalized spacial score (nSPS) is 19.7. The van der Waals surface area contributed by atoms with Crippen molar-refractivity contribution in [2.75, 3.05) is 5.32 Å². The van der Waals surface area contributed by atoms with Crippen molar-refractivity contribution in [1.82, 2.24) is 9.97 Å². The van der Waals surface area contributed by atoms with Crippen LogP contribution in [0.25, 0.3) is 11.1 Å². The Kier molecular flexibility index (Phi) is 4.66. The Hall–Kier alpha value is -3.09. The number of anilines is 1. The Labute approximate surface area is 156 Å². The Morgan fingerprint density at radius 2 is 2.11 bits per heavy atom. The van der Waals surface area contributed by atoms with Crippen LogP contribution in [0, 0.1) is 5.92 Å². The first kappa shape index (κ1) is 17.3. The highest BCUT2D eigenvalue weighted by Crippen LogP contribution is 2.30. The van der Waals surface area contributed by atoms with Crippen LogP contribution in [0.4, 0.5) is 6.01 Å². The predicted molar refractivity (Wildman–Crippen MR) is 100 cm³/mol. The molecule has 1 aliphatic rings. The van der Waals surface area contributed by atoms with Crippen LogP contribution in [0.2, 0.25) is 0 Å². The maximum atomic E-state index is 11.0. The summed E-state index contributed by atoms with van der Waals surface area (Å²) in [4.78, 5) is 19.3. The van der Waals surface area contributed by atoms with Gasteiger partial charge in [-0.2, -0.15) is 4.98 Å². The van der Waals surface area contributed by atoms with Gasteiger partial charge in [0.2, 0.25) is 0 Å². The zero-order valence-electron chi connectivity index (χ0n) is 15.0. The molecule has 2 N–H and O–H groups in total. The molecule has 0 amide bonds. The van der Waals surface area contributed by atoms with Crippen LogP contribution in [-0.4, -0.2) is 27.1 Å². The number of rotatable bonds is 5. The summed E-state index contributed by atoms with van der Waals surface area (Å²) in [6, 6.07) is 9.25. The van der Waals surface area contributed by atoms with Gasteiger partial charge in [0.25, 0.3) is 6.01 Å². The molecule has 3 aromatic rings. The lowest BCUT2D eigenvalue weighted by Gasteiger charge is -2.26. The SMILES string of the molecule is CC1CCCC(Nc2nc3ccc(Oc4ccnc(C(=O)O)c4)cc3o2)C1. The molecule has 7 nitrogen and oxygen atoms in total. The Morgan fingerprint density at radius 1 is 1.26 bits per heavy atom. The molecular formula is C20H21N3O4. The second kappa shape index (κ2) is 7.26. The van der Waals surface area contributed by atoms with Gasteiger partial charge in [0, 0.05) is 24.4 Å². The molecule has 2 atom stereocenters. The summed E-state index contributed by atoms with van der Waals surface area (Å²) in [6.45, 7) is 2.28. The highest BCUT2D eigenvalue weighted by molar-refractivity contribution is 5.85. The fourth-order valence-corrected chi connectivity index (χ4v) is 3.50. The van der Waals surface area contributed by atoms with Crippen molar-refractivity contribution in [3.8, 4) is 11.5 Å². The zero-order valence-corrected chi connectivity index (χ0v) is 15.0. The fourth-order valence-electron chi connectivity index (χ4n) is 3.50. The van der Waals surface area contributed by atoms with Gasteiger partial charge in [-0.25, -0.2) is 9.78 Å². The quantitative estimate of drug-likeness (QED) is 0.674. The molecule has 2 unspecified atom stereocenters. The van der Waals surface area contributed by atoms with Gasteiger partial charge >= 0.3 is 5.97 Å². The lowest BCUT2D eigenvalue weighted by atomic mass is 9.87. The van der Waals surface area contributed by atoms with Crippen LogP contribution in [0.3, 0.4) is 0 Å². The average Bonchev–Trinajstić information content (AvgIpc) is 3.03. The molecule has 2 aromatic heterocycles. The number of aromatic carboxylic acids is 1. The summed E-state index contributed by atoms with van der Waals surface area (Å²) in [5.74, 6) is 0.561. The number of pyridine rings is 1. The van der Waals surface area contributed by atoms with E-state index in [0.717, 1.165) is 24.3 Å². The second-order valence-corrected chi connectivity index (χ2v) is 7.05. The number of carboxylic acid groups (broad SMARTS) is 1. The van der Waals surface area contributed by atoms with Crippen LogP contribution in [0.15, 0.2) is 40.9 Å². The fraction of sp³-hybridized carbons (Fsp3) is 0.350. The number of ether oxygens (including phenoxy) is 1. The number of nitrogens with one attached hydrogen (secondary N) is 1. The van der Waals surface area contributed by atoms with Crippen molar-refractivity contribution < 1.29 is 19.1 Å². The number of carboxylic acids is 1. The highest BCUT2D eigenvalue weighted by Gasteiger charge is 2.20. The third-order valence-corrected chi connectivity index (χ3v) is 4.81. The van der Waals surface area contributed by atoms with Gasteiger partial charge in [-0.05, 0) is 37.0 Å². The number of hydrogen-bond acceptors (Lipinski definition) is 6. The van der Waals surface area contributed by atoms with Crippen molar-refractivity contribution in [2.45, 2.75) is 38.6 Å². The van der Waals surface area contributed by atoms with Crippen LogP contribution in [-0.2, 0) is 0 Å². The molecule has 0 bridgehead atoms. The third-order valence-electron chi connectivity index (χ3n) is 4.81. The maximum absolute atomic E-state index is 11.0. The van der Waals surface area contributed by atoms with E-state index in [9.17, 15) is 4.79 Å². The molecule has 1 saturated carbocycles. The summed E-state index contributed by atoms with van der Waals surface area (Å²) >= 11 is 0. The van der Waals surface area contributed by atoms with Crippen LogP contribution >= 0.6 is 0 Å². The number of nitrogens with zero attached hydrogens (tertiary/aromatic N) is 2. The van der Waals surface area contributed by atoms with E-state index in [4.69, 9.17) is 14.3 Å². The Morgan fingerprint density at radius 3 is 2.93 bits per heavy atom. The van der Waals surface area contributed by atoms with E-state index in [1.807, 2.05) is 6.07 Å². The van der Waals surface area contributed by atoms with E-state index in [1.54, 1.807) is 18.2 Å². The molecule has 1 aliphatic carbocycles. The smallest absolute Gasteiger partial charge is 0.354 e. The van der Waals surface area contributed by atoms with E-state index in [1.165, 1.54) is 25.1 Å². The maximum Gasteiger partial charge on any atom is 0.354 e. The van der Waals surface area contributed by atoms with Gasteiger partial charge in [0.1, 0.15) is 17.0 Å². The van der Waals surface area contributed by atoms with E-state index in [-0.39, 0.29) is 5.69 Å². The third kappa shape index (κ3) is 4.02. The van der Waals surface area contributed by atoms with Gasteiger partial charge < -0.3 is 19.6 Å². The molecule has 27 heavy (non-hydrogen) atoms. The van der Waals surface area contributed by atoms with Crippen molar-refractivity contribution in [3.63, 3.8) is 0 Å². The summed E-state index contributed by atoms with van der Waals surface area (Å²) in [5.41, 5.74) is 1.29. The molecule has 140 valence electrons. The second-order valence-electron chi connectivity index (χ2n) is 7.05. The van der Waals surface area contributed by atoms with Gasteiger partial charge in [-0.15, -0.1) is 0 Å². The summed E-state index contributed by atoms with van der Waals surface area (Å²) < 4.78 is 11.6. The van der Waals surface area contributed by atoms with Gasteiger partial charge in [0.15, 0.2) is 11.3 Å². The van der Waals surface area contributed by atoms with Crippen molar-refractivity contribution in [3.05, 3.63) is 42.2 Å². The van der Waals surface area contributed by atoms with Gasteiger partial charge in [0.05, 0.1) is 0 Å². The van der Waals surface area contributed by atoms with E-state index in [2.05, 4.69) is 22.2 Å². The number of carbonyl (C=O) groups is 1. The molecule has 0 spiro atoms. The number of oxazole rings is 1. The molecule has 4 rings (SSSR count). The minimum absolute atomic E-state index is 0.0681. The molecule has 1 fully saturated rings. The highest BCUT2D eigenvalue weighted by atomic mass is 16.5. The van der Waals surface area contributed by atoms with E-state index < -0.39 is 5.97 Å². The lowest BCUT2D eigenvalue weighted by Crippen LogP contribution is -2.26. The molecule has 1 aromatic carbocycles. The number of hydrogen-bond donors (Lipinski definition) is 2. The zero-order chi connectivity index (χ0) is 18.8. The standard InChI is InChI=1S/C20H21N3O4/c1-12-3-2-4-13(9-12)22-20-23-16-6-5-14(11-18(16)27-20)26-15-7-8-21-17(10-15)19(24)25/h5-8,10-13H,2-4,9H2,1H3,(H,22,23)(H,24,25). The van der Waals surface area contributed by atoms with E-state index in [0.29, 0.717) is 29.1 Å². The lowest BCUT2D eigenvalue weighted by molar-refractivity contribution is 0.0690.